The average Bonchev–Trinajstić information content (AvgIpc) is 3.32. The molecule has 3 heterocycles. The highest BCUT2D eigenvalue weighted by molar-refractivity contribution is 5.78. The van der Waals surface area contributed by atoms with Crippen LogP contribution >= 0.6 is 0 Å². The largest absolute Gasteiger partial charge is 0.465 e. The third kappa shape index (κ3) is 2.99. The van der Waals surface area contributed by atoms with Gasteiger partial charge in [-0.25, -0.2) is 14.2 Å². The first-order valence-electron chi connectivity index (χ1n) is 9.96. The first-order chi connectivity index (χ1) is 14.5. The van der Waals surface area contributed by atoms with Crippen molar-refractivity contribution in [1.82, 2.24) is 9.80 Å². The van der Waals surface area contributed by atoms with Gasteiger partial charge in [0.15, 0.2) is 5.60 Å². The summed E-state index contributed by atoms with van der Waals surface area (Å²) in [6.07, 6.45) is -1.23. The maximum Gasteiger partial charge on any atom is 0.407 e. The van der Waals surface area contributed by atoms with E-state index in [9.17, 15) is 19.4 Å². The number of β-amino-alcohol motifs (C(OH)–C–C–N with tert-alkyl or cyclic N) is 1. The van der Waals surface area contributed by atoms with Crippen LogP contribution in [0.25, 0.3) is 0 Å². The topological polar surface area (TPSA) is 85.6 Å². The maximum atomic E-state index is 13.6. The number of fused-ring (bicyclic) bond motifs is 1. The SMILES string of the molecule is O=C(O)N1C[C@H](O)C2(CN=C(N3CCc4ccccc4[C@@H]3c3ccc(F)cc3)O2)C1. The maximum absolute atomic E-state index is 13.6. The zero-order valence-electron chi connectivity index (χ0n) is 16.2. The lowest BCUT2D eigenvalue weighted by atomic mass is 9.88. The number of likely N-dealkylation sites (tertiary alicyclic amines) is 1. The van der Waals surface area contributed by atoms with Crippen LogP contribution in [0.15, 0.2) is 53.5 Å². The van der Waals surface area contributed by atoms with Gasteiger partial charge in [-0.15, -0.1) is 0 Å². The third-order valence-corrected chi connectivity index (χ3v) is 6.22. The van der Waals surface area contributed by atoms with Crippen LogP contribution in [0.1, 0.15) is 22.7 Å². The molecule has 1 unspecified atom stereocenters. The fraction of sp³-hybridized carbons (Fsp3) is 0.364. The molecular formula is C22H22FN3O4. The van der Waals surface area contributed by atoms with Crippen molar-refractivity contribution in [2.45, 2.75) is 24.2 Å². The molecule has 1 fully saturated rings. The quantitative estimate of drug-likeness (QED) is 0.752. The van der Waals surface area contributed by atoms with Gasteiger partial charge in [-0.2, -0.15) is 0 Å². The minimum absolute atomic E-state index is 0.00234. The molecule has 3 aliphatic heterocycles. The van der Waals surface area contributed by atoms with E-state index in [1.165, 1.54) is 17.7 Å². The van der Waals surface area contributed by atoms with Crippen LogP contribution in [0.5, 0.6) is 0 Å². The molecule has 156 valence electrons. The summed E-state index contributed by atoms with van der Waals surface area (Å²) in [5.74, 6) is -0.300. The second-order valence-electron chi connectivity index (χ2n) is 8.04. The summed E-state index contributed by atoms with van der Waals surface area (Å²) in [6, 6.07) is 14.7. The van der Waals surface area contributed by atoms with E-state index < -0.39 is 17.8 Å². The highest BCUT2D eigenvalue weighted by atomic mass is 19.1. The van der Waals surface area contributed by atoms with E-state index in [0.29, 0.717) is 12.6 Å². The van der Waals surface area contributed by atoms with Crippen molar-refractivity contribution in [3.05, 3.63) is 71.0 Å². The lowest BCUT2D eigenvalue weighted by molar-refractivity contribution is -0.0178. The summed E-state index contributed by atoms with van der Waals surface area (Å²) in [6.45, 7) is 0.915. The zero-order chi connectivity index (χ0) is 20.9. The monoisotopic (exact) mass is 411 g/mol. The molecule has 1 amide bonds. The second kappa shape index (κ2) is 6.98. The molecule has 2 N–H and O–H groups in total. The molecule has 2 aromatic rings. The van der Waals surface area contributed by atoms with Gasteiger partial charge in [0.1, 0.15) is 11.9 Å². The number of aliphatic hydroxyl groups is 1. The normalized spacial score (nSPS) is 27.7. The van der Waals surface area contributed by atoms with E-state index in [0.717, 1.165) is 22.4 Å². The number of aliphatic hydroxyl groups excluding tert-OH is 1. The Bertz CT molecular complexity index is 1010. The van der Waals surface area contributed by atoms with Crippen molar-refractivity contribution in [1.29, 1.82) is 0 Å². The highest BCUT2D eigenvalue weighted by Crippen LogP contribution is 2.39. The summed E-state index contributed by atoms with van der Waals surface area (Å²) < 4.78 is 19.7. The molecule has 3 atom stereocenters. The van der Waals surface area contributed by atoms with Crippen molar-refractivity contribution in [3.63, 3.8) is 0 Å². The molecule has 0 aliphatic carbocycles. The minimum Gasteiger partial charge on any atom is -0.465 e. The summed E-state index contributed by atoms with van der Waals surface area (Å²) >= 11 is 0. The number of amides is 1. The van der Waals surface area contributed by atoms with Crippen LogP contribution in [0, 0.1) is 5.82 Å². The Kier molecular flexibility index (Phi) is 4.39. The molecular weight excluding hydrogens is 389 g/mol. The van der Waals surface area contributed by atoms with Crippen LogP contribution in [0.2, 0.25) is 0 Å². The molecule has 0 aromatic heterocycles. The van der Waals surface area contributed by atoms with Gasteiger partial charge in [-0.05, 0) is 35.2 Å². The first-order valence-corrected chi connectivity index (χ1v) is 9.96. The van der Waals surface area contributed by atoms with Crippen LogP contribution in [-0.4, -0.2) is 70.0 Å². The van der Waals surface area contributed by atoms with Crippen LogP contribution in [0.4, 0.5) is 9.18 Å². The van der Waals surface area contributed by atoms with E-state index >= 15 is 0 Å². The lowest BCUT2D eigenvalue weighted by Crippen LogP contribution is -2.49. The second-order valence-corrected chi connectivity index (χ2v) is 8.04. The Morgan fingerprint density at radius 2 is 1.97 bits per heavy atom. The van der Waals surface area contributed by atoms with Crippen molar-refractivity contribution in [2.24, 2.45) is 4.99 Å². The Morgan fingerprint density at radius 1 is 1.20 bits per heavy atom. The number of hydrogen-bond donors (Lipinski definition) is 2. The molecule has 1 spiro atoms. The van der Waals surface area contributed by atoms with Gasteiger partial charge in [0.25, 0.3) is 6.02 Å². The number of benzene rings is 2. The van der Waals surface area contributed by atoms with Gasteiger partial charge in [-0.3, -0.25) is 0 Å². The molecule has 1 saturated heterocycles. The predicted octanol–water partition coefficient (Wildman–Crippen LogP) is 2.25. The van der Waals surface area contributed by atoms with Gasteiger partial charge in [0.05, 0.1) is 25.7 Å². The number of aliphatic imine (C=N–C) groups is 1. The molecule has 0 saturated carbocycles. The highest BCUT2D eigenvalue weighted by Gasteiger charge is 2.54. The minimum atomic E-state index is -1.08. The van der Waals surface area contributed by atoms with Crippen LogP contribution in [0.3, 0.4) is 0 Å². The molecule has 0 radical (unpaired) electrons. The number of nitrogens with zero attached hydrogens (tertiary/aromatic N) is 3. The summed E-state index contributed by atoms with van der Waals surface area (Å²) in [7, 11) is 0. The standard InChI is InChI=1S/C22H22FN3O4/c23-16-7-5-15(6-8-16)19-17-4-2-1-3-14(17)9-10-26(19)20-24-12-22(30-20)13-25(21(28)29)11-18(22)27/h1-8,18-19,27H,9-13H2,(H,28,29)/t18-,19-,22?/m0/s1. The lowest BCUT2D eigenvalue weighted by Gasteiger charge is -2.39. The molecule has 8 heteroatoms. The Morgan fingerprint density at radius 3 is 2.70 bits per heavy atom. The fourth-order valence-electron chi connectivity index (χ4n) is 4.64. The van der Waals surface area contributed by atoms with E-state index in [-0.39, 0.29) is 31.5 Å². The van der Waals surface area contributed by atoms with E-state index in [1.54, 1.807) is 12.1 Å². The molecule has 30 heavy (non-hydrogen) atoms. The van der Waals surface area contributed by atoms with Gasteiger partial charge in [-0.1, -0.05) is 36.4 Å². The van der Waals surface area contributed by atoms with E-state index in [4.69, 9.17) is 4.74 Å². The number of hydrogen-bond acceptors (Lipinski definition) is 5. The van der Waals surface area contributed by atoms with Crippen molar-refractivity contribution >= 4 is 12.1 Å². The number of carbonyl (C=O) groups is 1. The average molecular weight is 411 g/mol. The number of amidine groups is 1. The number of ether oxygens (including phenoxy) is 1. The third-order valence-electron chi connectivity index (χ3n) is 6.22. The summed E-state index contributed by atoms with van der Waals surface area (Å²) in [5, 5.41) is 19.8. The van der Waals surface area contributed by atoms with E-state index in [2.05, 4.69) is 17.1 Å². The van der Waals surface area contributed by atoms with E-state index in [1.807, 2.05) is 17.0 Å². The van der Waals surface area contributed by atoms with Gasteiger partial charge in [0, 0.05) is 6.54 Å². The number of halogens is 1. The Balaban J connectivity index is 1.48. The smallest absolute Gasteiger partial charge is 0.407 e. The molecule has 0 bridgehead atoms. The predicted molar refractivity (Wildman–Crippen MR) is 107 cm³/mol. The van der Waals surface area contributed by atoms with Crippen molar-refractivity contribution < 1.29 is 24.1 Å². The molecule has 3 aliphatic rings. The Labute approximate surface area is 173 Å². The first kappa shape index (κ1) is 18.9. The molecule has 7 nitrogen and oxygen atoms in total. The molecule has 5 rings (SSSR count). The zero-order valence-corrected chi connectivity index (χ0v) is 16.2. The summed E-state index contributed by atoms with van der Waals surface area (Å²) in [5.41, 5.74) is 2.17. The van der Waals surface area contributed by atoms with Crippen molar-refractivity contribution in [3.8, 4) is 0 Å². The van der Waals surface area contributed by atoms with Gasteiger partial charge in [0.2, 0.25) is 0 Å². The fourth-order valence-corrected chi connectivity index (χ4v) is 4.64. The summed E-state index contributed by atoms with van der Waals surface area (Å²) in [4.78, 5) is 19.1. The Hall–Kier alpha value is -3.13. The van der Waals surface area contributed by atoms with Crippen LogP contribution in [-0.2, 0) is 11.2 Å². The molecule has 2 aromatic carbocycles. The van der Waals surface area contributed by atoms with Gasteiger partial charge >= 0.3 is 6.09 Å². The number of rotatable bonds is 1. The van der Waals surface area contributed by atoms with Gasteiger partial charge < -0.3 is 24.7 Å². The van der Waals surface area contributed by atoms with Crippen LogP contribution < -0.4 is 0 Å². The number of carboxylic acid groups (broad SMARTS) is 1. The van der Waals surface area contributed by atoms with Crippen molar-refractivity contribution in [2.75, 3.05) is 26.2 Å².